The molecule has 0 saturated carbocycles. The molecule has 0 amide bonds. The first kappa shape index (κ1) is 28.2. The molecule has 0 radical (unpaired) electrons. The molecule has 4 rings (SSSR count). The Bertz CT molecular complexity index is 1280. The first-order chi connectivity index (χ1) is 17.9. The van der Waals surface area contributed by atoms with Gasteiger partial charge in [0.05, 0.1) is 23.8 Å². The minimum absolute atomic E-state index is 0.0225. The summed E-state index contributed by atoms with van der Waals surface area (Å²) >= 11 is 6.40. The van der Waals surface area contributed by atoms with Crippen LogP contribution in [0, 0.1) is 5.82 Å². The number of benzene rings is 2. The van der Waals surface area contributed by atoms with Crippen molar-refractivity contribution in [1.29, 1.82) is 0 Å². The van der Waals surface area contributed by atoms with Crippen molar-refractivity contribution in [3.63, 3.8) is 0 Å². The molecule has 0 unspecified atom stereocenters. The molecule has 202 valence electrons. The van der Waals surface area contributed by atoms with E-state index in [4.69, 9.17) is 21.0 Å². The van der Waals surface area contributed by atoms with Crippen molar-refractivity contribution in [1.82, 2.24) is 9.97 Å². The molecule has 38 heavy (non-hydrogen) atoms. The van der Waals surface area contributed by atoms with Crippen molar-refractivity contribution in [3.05, 3.63) is 59.5 Å². The number of rotatable bonds is 12. The maximum Gasteiger partial charge on any atom is 0.438 e. The van der Waals surface area contributed by atoms with Gasteiger partial charge in [-0.2, -0.15) is 4.98 Å². The second-order valence-corrected chi connectivity index (χ2v) is 15.6. The molecule has 12 heteroatoms. The number of aromatic nitrogens is 2. The van der Waals surface area contributed by atoms with E-state index in [1.165, 1.54) is 0 Å². The molecule has 4 N–H and O–H groups in total. The Hall–Kier alpha value is -2.86. The fourth-order valence-corrected chi connectivity index (χ4v) is 4.52. The third kappa shape index (κ3) is 7.60. The van der Waals surface area contributed by atoms with Crippen molar-refractivity contribution in [3.8, 4) is 5.75 Å². The molecule has 1 aromatic heterocycles. The lowest BCUT2D eigenvalue weighted by atomic mass is 9.96. The molecule has 1 fully saturated rings. The number of hydrogen-bond acceptors (Lipinski definition) is 8. The molecule has 3 aromatic rings. The van der Waals surface area contributed by atoms with Gasteiger partial charge < -0.3 is 30.0 Å². The molecule has 1 atom stereocenters. The van der Waals surface area contributed by atoms with Crippen LogP contribution < -0.4 is 20.6 Å². The van der Waals surface area contributed by atoms with Crippen LogP contribution >= 0.6 is 11.6 Å². The number of anilines is 5. The SMILES string of the molecule is C[C@@H](CCC(C)(C)[Si](C)(C)O)Oc1cc(Nc2ncc(F)c(Nc3cccc(NB4CO4)c3)n2)ccc1Cl. The monoisotopic (exact) mass is 557 g/mol. The number of hydrogen-bond donors (Lipinski definition) is 4. The van der Waals surface area contributed by atoms with Gasteiger partial charge in [-0.25, -0.2) is 9.37 Å². The van der Waals surface area contributed by atoms with Gasteiger partial charge >= 0.3 is 7.05 Å². The number of nitrogens with one attached hydrogen (secondary N) is 3. The maximum absolute atomic E-state index is 14.5. The first-order valence-corrected chi connectivity index (χ1v) is 16.0. The highest BCUT2D eigenvalue weighted by molar-refractivity contribution is 6.72. The zero-order valence-electron chi connectivity index (χ0n) is 22.3. The maximum atomic E-state index is 14.5. The zero-order valence-corrected chi connectivity index (χ0v) is 24.1. The number of nitrogens with zero attached hydrogens (tertiary/aromatic N) is 2. The fourth-order valence-electron chi connectivity index (χ4n) is 3.60. The number of halogens is 2. The van der Waals surface area contributed by atoms with E-state index in [0.717, 1.165) is 24.7 Å². The van der Waals surface area contributed by atoms with Gasteiger partial charge in [-0.1, -0.05) is 31.5 Å². The van der Waals surface area contributed by atoms with E-state index in [0.29, 0.717) is 28.7 Å². The molecular weight excluding hydrogens is 524 g/mol. The molecule has 0 bridgehead atoms. The minimum atomic E-state index is -2.29. The third-order valence-corrected chi connectivity index (χ3v) is 10.8. The molecule has 0 aliphatic carbocycles. The average molecular weight is 558 g/mol. The molecule has 1 aliphatic rings. The van der Waals surface area contributed by atoms with Crippen LogP contribution in [-0.2, 0) is 4.65 Å². The lowest BCUT2D eigenvalue weighted by Gasteiger charge is -2.35. The second-order valence-electron chi connectivity index (χ2n) is 10.7. The van der Waals surface area contributed by atoms with E-state index in [-0.39, 0.29) is 30.0 Å². The summed E-state index contributed by atoms with van der Waals surface area (Å²) in [4.78, 5) is 18.9. The Morgan fingerprint density at radius 1 is 1.18 bits per heavy atom. The van der Waals surface area contributed by atoms with Gasteiger partial charge in [0.25, 0.3) is 0 Å². The fraction of sp³-hybridized carbons (Fsp3) is 0.385. The van der Waals surface area contributed by atoms with Crippen molar-refractivity contribution in [2.75, 3.05) is 22.4 Å². The van der Waals surface area contributed by atoms with Crippen molar-refractivity contribution < 1.29 is 18.6 Å². The Morgan fingerprint density at radius 2 is 1.89 bits per heavy atom. The molecule has 1 aliphatic heterocycles. The van der Waals surface area contributed by atoms with Gasteiger partial charge in [0.1, 0.15) is 5.75 Å². The van der Waals surface area contributed by atoms with Gasteiger partial charge in [0.15, 0.2) is 20.0 Å². The summed E-state index contributed by atoms with van der Waals surface area (Å²) in [5.41, 5.74) is 2.18. The van der Waals surface area contributed by atoms with Crippen LogP contribution in [0.4, 0.5) is 33.2 Å². The van der Waals surface area contributed by atoms with Crippen LogP contribution in [0.15, 0.2) is 48.7 Å². The van der Waals surface area contributed by atoms with Crippen LogP contribution in [0.2, 0.25) is 23.2 Å². The van der Waals surface area contributed by atoms with Gasteiger partial charge in [-0.15, -0.1) is 0 Å². The van der Waals surface area contributed by atoms with Crippen molar-refractivity contribution >= 4 is 55.8 Å². The Morgan fingerprint density at radius 3 is 2.61 bits per heavy atom. The summed E-state index contributed by atoms with van der Waals surface area (Å²) < 4.78 is 25.8. The quantitative estimate of drug-likeness (QED) is 0.143. The van der Waals surface area contributed by atoms with E-state index in [2.05, 4.69) is 39.7 Å². The Balaban J connectivity index is 1.42. The first-order valence-electron chi connectivity index (χ1n) is 12.6. The Kier molecular flexibility index (Phi) is 8.51. The van der Waals surface area contributed by atoms with E-state index >= 15 is 0 Å². The van der Waals surface area contributed by atoms with Crippen LogP contribution in [0.5, 0.6) is 5.75 Å². The third-order valence-electron chi connectivity index (χ3n) is 6.88. The van der Waals surface area contributed by atoms with Crippen LogP contribution in [0.1, 0.15) is 33.6 Å². The highest BCUT2D eigenvalue weighted by atomic mass is 35.5. The molecule has 0 spiro atoms. The smallest absolute Gasteiger partial charge is 0.438 e. The standard InChI is InChI=1S/C26H34BClFN5O3Si/c1-17(11-12-26(2,3)38(4,5)35)37-23-14-19(9-10-21(23)28)32-25-30-15-22(29)24(33-25)31-18-7-6-8-20(13-18)34-27-16-36-27/h6-10,13-15,17,34-35H,11-12,16H2,1-5H3,(H2,30,31,32,33)/t17-/m0/s1. The van der Waals surface area contributed by atoms with Gasteiger partial charge in [0.2, 0.25) is 5.95 Å². The average Bonchev–Trinajstić information content (AvgIpc) is 3.66. The van der Waals surface area contributed by atoms with Crippen molar-refractivity contribution in [2.45, 2.75) is 57.8 Å². The van der Waals surface area contributed by atoms with Crippen LogP contribution in [-0.4, -0.2) is 42.7 Å². The molecular formula is C26H34BClFN5O3Si. The van der Waals surface area contributed by atoms with Gasteiger partial charge in [-0.05, 0) is 68.2 Å². The zero-order chi connectivity index (χ0) is 27.5. The summed E-state index contributed by atoms with van der Waals surface area (Å²) in [7, 11) is -2.27. The highest BCUT2D eigenvalue weighted by Crippen LogP contribution is 2.40. The van der Waals surface area contributed by atoms with E-state index in [9.17, 15) is 9.19 Å². The Labute approximate surface area is 229 Å². The summed E-state index contributed by atoms with van der Waals surface area (Å²) in [6, 6.07) is 12.7. The molecule has 8 nitrogen and oxygen atoms in total. The highest BCUT2D eigenvalue weighted by Gasteiger charge is 2.37. The molecule has 1 saturated heterocycles. The largest absolute Gasteiger partial charge is 0.489 e. The van der Waals surface area contributed by atoms with Gasteiger partial charge in [-0.3, -0.25) is 0 Å². The van der Waals surface area contributed by atoms with E-state index < -0.39 is 14.1 Å². The predicted molar refractivity (Wildman–Crippen MR) is 155 cm³/mol. The van der Waals surface area contributed by atoms with E-state index in [1.807, 2.05) is 44.3 Å². The minimum Gasteiger partial charge on any atom is -0.489 e. The van der Waals surface area contributed by atoms with Crippen molar-refractivity contribution in [2.24, 2.45) is 0 Å². The predicted octanol–water partition coefficient (Wildman–Crippen LogP) is 6.75. The van der Waals surface area contributed by atoms with Crippen LogP contribution in [0.3, 0.4) is 0 Å². The molecule has 2 heterocycles. The molecule has 2 aromatic carbocycles. The summed E-state index contributed by atoms with van der Waals surface area (Å²) in [6.07, 6.45) is 2.62. The summed E-state index contributed by atoms with van der Waals surface area (Å²) in [6.45, 7) is 10.8. The summed E-state index contributed by atoms with van der Waals surface area (Å²) in [5, 5.41) is 9.66. The normalized spacial score (nSPS) is 14.2. The lowest BCUT2D eigenvalue weighted by molar-refractivity contribution is 0.201. The van der Waals surface area contributed by atoms with E-state index in [1.54, 1.807) is 18.2 Å². The van der Waals surface area contributed by atoms with Crippen LogP contribution in [0.25, 0.3) is 0 Å². The summed E-state index contributed by atoms with van der Waals surface area (Å²) in [5.74, 6) is 0.199. The second kappa shape index (κ2) is 11.5. The van der Waals surface area contributed by atoms with Gasteiger partial charge in [0, 0.05) is 23.1 Å². The topological polar surface area (TPSA) is 104 Å². The lowest BCUT2D eigenvalue weighted by Crippen LogP contribution is -2.39. The number of ether oxygens (including phenoxy) is 1.